The first-order chi connectivity index (χ1) is 18.0. The van der Waals surface area contributed by atoms with Gasteiger partial charge in [-0.1, -0.05) is 13.3 Å². The maximum Gasteiger partial charge on any atom is 0.187 e. The minimum atomic E-state index is -1.81. The van der Waals surface area contributed by atoms with Crippen LogP contribution in [0.3, 0.4) is 0 Å². The summed E-state index contributed by atoms with van der Waals surface area (Å²) in [4.78, 5) is 0. The summed E-state index contributed by atoms with van der Waals surface area (Å²) < 4.78 is 32.9. The van der Waals surface area contributed by atoms with Gasteiger partial charge in [0.2, 0.25) is 0 Å². The number of aliphatic hydroxyl groups is 10. The molecule has 0 aliphatic carbocycles. The summed E-state index contributed by atoms with van der Waals surface area (Å²) in [5, 5.41) is 101. The molecule has 0 aromatic carbocycles. The van der Waals surface area contributed by atoms with Gasteiger partial charge in [-0.05, 0) is 6.42 Å². The minimum absolute atomic E-state index is 0.168. The largest absolute Gasteiger partial charge is 0.394 e. The molecule has 224 valence electrons. The summed E-state index contributed by atoms with van der Waals surface area (Å²) in [7, 11) is 0. The Bertz CT molecular complexity index is 698. The van der Waals surface area contributed by atoms with Gasteiger partial charge in [0.1, 0.15) is 73.2 Å². The third kappa shape index (κ3) is 6.98. The van der Waals surface area contributed by atoms with Gasteiger partial charge in [0.15, 0.2) is 18.9 Å². The Balaban J connectivity index is 1.73. The van der Waals surface area contributed by atoms with Crippen molar-refractivity contribution in [2.45, 2.75) is 112 Å². The predicted octanol–water partition coefficient (Wildman–Crippen LogP) is -5.75. The molecule has 3 rings (SSSR count). The van der Waals surface area contributed by atoms with Gasteiger partial charge in [0.25, 0.3) is 0 Å². The average Bonchev–Trinajstić information content (AvgIpc) is 2.91. The van der Waals surface area contributed by atoms with E-state index in [0.717, 1.165) is 6.42 Å². The average molecular weight is 561 g/mol. The van der Waals surface area contributed by atoms with E-state index in [1.165, 1.54) is 0 Å². The van der Waals surface area contributed by atoms with E-state index in [0.29, 0.717) is 6.42 Å². The van der Waals surface area contributed by atoms with Crippen LogP contribution in [0.2, 0.25) is 0 Å². The Kier molecular flexibility index (Phi) is 12.0. The van der Waals surface area contributed by atoms with E-state index in [1.54, 1.807) is 0 Å². The molecule has 16 nitrogen and oxygen atoms in total. The SMILES string of the molecule is CCCCO[C@H]1O[C@H](CO[C@H]2O[C@H](CO)[C@@H](O)[C@H](O)[C@@H]2O)[C@@H](O)[C@H](O[C@H]2O[C@H](CO)[C@@H](O)[C@H](O)[C@@H]2O)[C@@H]1O. The first-order valence-corrected chi connectivity index (χ1v) is 12.6. The topological polar surface area (TPSA) is 258 Å². The Morgan fingerprint density at radius 1 is 0.553 bits per heavy atom. The second kappa shape index (κ2) is 14.3. The summed E-state index contributed by atoms with van der Waals surface area (Å²) in [6.45, 7) is 0.164. The van der Waals surface area contributed by atoms with Gasteiger partial charge in [-0.15, -0.1) is 0 Å². The molecule has 0 saturated carbocycles. The highest BCUT2D eigenvalue weighted by atomic mass is 16.7. The number of hydrogen-bond donors (Lipinski definition) is 10. The Hall–Kier alpha value is -0.640. The molecular weight excluding hydrogens is 520 g/mol. The molecule has 3 aliphatic rings. The van der Waals surface area contributed by atoms with Gasteiger partial charge in [-0.2, -0.15) is 0 Å². The predicted molar refractivity (Wildman–Crippen MR) is 120 cm³/mol. The molecule has 0 aromatic heterocycles. The number of aliphatic hydroxyl groups excluding tert-OH is 10. The van der Waals surface area contributed by atoms with E-state index in [-0.39, 0.29) is 6.61 Å². The normalized spacial score (nSPS) is 48.2. The van der Waals surface area contributed by atoms with Crippen molar-refractivity contribution in [3.8, 4) is 0 Å². The minimum Gasteiger partial charge on any atom is -0.394 e. The third-order valence-electron chi connectivity index (χ3n) is 6.83. The summed E-state index contributed by atoms with van der Waals surface area (Å²) in [6, 6.07) is 0. The summed E-state index contributed by atoms with van der Waals surface area (Å²) >= 11 is 0. The number of hydrogen-bond acceptors (Lipinski definition) is 16. The zero-order valence-electron chi connectivity index (χ0n) is 20.8. The molecule has 3 fully saturated rings. The van der Waals surface area contributed by atoms with Crippen LogP contribution in [-0.2, 0) is 28.4 Å². The second-order valence-corrected chi connectivity index (χ2v) is 9.58. The monoisotopic (exact) mass is 560 g/mol. The smallest absolute Gasteiger partial charge is 0.187 e. The molecule has 0 aromatic rings. The van der Waals surface area contributed by atoms with Gasteiger partial charge in [-0.25, -0.2) is 0 Å². The molecule has 16 heteroatoms. The molecule has 0 unspecified atom stereocenters. The van der Waals surface area contributed by atoms with Crippen molar-refractivity contribution in [2.24, 2.45) is 0 Å². The Morgan fingerprint density at radius 3 is 1.61 bits per heavy atom. The quantitative estimate of drug-likeness (QED) is 0.106. The summed E-state index contributed by atoms with van der Waals surface area (Å²) in [5.41, 5.74) is 0. The lowest BCUT2D eigenvalue weighted by atomic mass is 9.96. The number of ether oxygens (including phenoxy) is 6. The van der Waals surface area contributed by atoms with Crippen LogP contribution < -0.4 is 0 Å². The van der Waals surface area contributed by atoms with Gasteiger partial charge >= 0.3 is 0 Å². The lowest BCUT2D eigenvalue weighted by Crippen LogP contribution is -2.65. The van der Waals surface area contributed by atoms with Crippen LogP contribution in [0.4, 0.5) is 0 Å². The molecule has 0 amide bonds. The highest BCUT2D eigenvalue weighted by molar-refractivity contribution is 4.95. The molecule has 15 atom stereocenters. The fourth-order valence-electron chi connectivity index (χ4n) is 4.41. The Labute approximate surface area is 218 Å². The lowest BCUT2D eigenvalue weighted by molar-refractivity contribution is -0.366. The zero-order chi connectivity index (χ0) is 28.1. The zero-order valence-corrected chi connectivity index (χ0v) is 20.8. The van der Waals surface area contributed by atoms with Crippen molar-refractivity contribution in [3.63, 3.8) is 0 Å². The third-order valence-corrected chi connectivity index (χ3v) is 6.83. The molecule has 3 heterocycles. The standard InChI is InChI=1S/C22H40O16/c1-2-3-4-33-21-18(32)19(38-22-17(31)15(29)12(26)9(6-24)36-22)13(27)10(37-21)7-34-20-16(30)14(28)11(25)8(5-23)35-20/h8-32H,2-7H2,1H3/t8-,9-,10-,11-,12-,13-,14+,15+,16+,17+,18+,19+,20+,21+,22-/m1/s1. The molecular formula is C22H40O16. The highest BCUT2D eigenvalue weighted by Crippen LogP contribution is 2.31. The lowest BCUT2D eigenvalue weighted by Gasteiger charge is -2.46. The molecule has 0 bridgehead atoms. The second-order valence-electron chi connectivity index (χ2n) is 9.58. The highest BCUT2D eigenvalue weighted by Gasteiger charge is 2.52. The van der Waals surface area contributed by atoms with E-state index < -0.39 is 112 Å². The van der Waals surface area contributed by atoms with Crippen LogP contribution >= 0.6 is 0 Å². The van der Waals surface area contributed by atoms with Crippen molar-refractivity contribution in [3.05, 3.63) is 0 Å². The summed E-state index contributed by atoms with van der Waals surface area (Å²) in [5.74, 6) is 0. The first kappa shape index (κ1) is 31.9. The van der Waals surface area contributed by atoms with E-state index in [2.05, 4.69) is 0 Å². The fraction of sp³-hybridized carbons (Fsp3) is 1.00. The van der Waals surface area contributed by atoms with Gasteiger partial charge in [0, 0.05) is 6.61 Å². The van der Waals surface area contributed by atoms with Crippen LogP contribution in [0.25, 0.3) is 0 Å². The van der Waals surface area contributed by atoms with Crippen LogP contribution in [0, 0.1) is 0 Å². The van der Waals surface area contributed by atoms with Gasteiger partial charge < -0.3 is 79.5 Å². The molecule has 10 N–H and O–H groups in total. The van der Waals surface area contributed by atoms with Gasteiger partial charge in [0.05, 0.1) is 19.8 Å². The van der Waals surface area contributed by atoms with E-state index in [4.69, 9.17) is 28.4 Å². The van der Waals surface area contributed by atoms with E-state index >= 15 is 0 Å². The molecule has 0 spiro atoms. The number of rotatable bonds is 11. The molecule has 0 radical (unpaired) electrons. The Morgan fingerprint density at radius 2 is 1.05 bits per heavy atom. The first-order valence-electron chi connectivity index (χ1n) is 12.6. The number of unbranched alkanes of at least 4 members (excludes halogenated alkanes) is 1. The van der Waals surface area contributed by atoms with Crippen molar-refractivity contribution < 1.29 is 79.5 Å². The van der Waals surface area contributed by atoms with E-state index in [9.17, 15) is 51.1 Å². The van der Waals surface area contributed by atoms with Crippen LogP contribution in [-0.4, -0.2) is 170 Å². The van der Waals surface area contributed by atoms with Crippen molar-refractivity contribution in [1.82, 2.24) is 0 Å². The maximum atomic E-state index is 11.0. The van der Waals surface area contributed by atoms with Crippen molar-refractivity contribution >= 4 is 0 Å². The van der Waals surface area contributed by atoms with Crippen molar-refractivity contribution in [1.29, 1.82) is 0 Å². The molecule has 3 saturated heterocycles. The maximum absolute atomic E-state index is 11.0. The van der Waals surface area contributed by atoms with E-state index in [1.807, 2.05) is 6.92 Å². The summed E-state index contributed by atoms with van der Waals surface area (Å²) in [6.07, 6.45) is -22.1. The molecule has 38 heavy (non-hydrogen) atoms. The van der Waals surface area contributed by atoms with Crippen molar-refractivity contribution in [2.75, 3.05) is 26.4 Å². The van der Waals surface area contributed by atoms with Gasteiger partial charge in [-0.3, -0.25) is 0 Å². The molecule has 3 aliphatic heterocycles. The van der Waals surface area contributed by atoms with Crippen LogP contribution in [0.15, 0.2) is 0 Å². The van der Waals surface area contributed by atoms with Crippen LogP contribution in [0.1, 0.15) is 19.8 Å². The fourth-order valence-corrected chi connectivity index (χ4v) is 4.41. The van der Waals surface area contributed by atoms with Crippen LogP contribution in [0.5, 0.6) is 0 Å².